The predicted octanol–water partition coefficient (Wildman–Crippen LogP) is 17.4. The molecule has 536 valence electrons. The number of esters is 4. The Morgan fingerprint density at radius 2 is 0.489 bits per heavy atom. The molecular formula is C76H136O16. The van der Waals surface area contributed by atoms with Gasteiger partial charge in [-0.25, -0.2) is 0 Å². The van der Waals surface area contributed by atoms with Crippen molar-refractivity contribution in [1.82, 2.24) is 0 Å². The molecule has 8 atom stereocenters. The Morgan fingerprint density at radius 3 is 0.663 bits per heavy atom. The molecule has 0 aromatic rings. The summed E-state index contributed by atoms with van der Waals surface area (Å²) in [6.07, 6.45) is 8.04. The highest BCUT2D eigenvalue weighted by atomic mass is 16.5. The van der Waals surface area contributed by atoms with Crippen LogP contribution in [0.15, 0.2) is 0 Å². The molecule has 16 nitrogen and oxygen atoms in total. The van der Waals surface area contributed by atoms with Gasteiger partial charge in [-0.3, -0.25) is 57.5 Å². The summed E-state index contributed by atoms with van der Waals surface area (Å²) >= 11 is 0. The number of rotatable bonds is 39. The van der Waals surface area contributed by atoms with Crippen molar-refractivity contribution in [3.8, 4) is 0 Å². The SMILES string of the molecule is CCC(C)(CC(C)(CC(C)(C)C(C)=O)C(C)=O)C(=O)OC(C)C.CCCCOC(=O)C(C)(CC)CC(C)(CC(C)(C)C(C)=O)C(C)=O.CCCOC(=O)C(C)(CC)CC(C)(CC(C)(C)C(C)=O)C(C)=O.CCOC(=O)C(C)(CC)CC(C)(CC(C)(C)C(C)=O)C(C)=O. The first-order chi connectivity index (χ1) is 41.2. The van der Waals surface area contributed by atoms with Gasteiger partial charge in [-0.2, -0.15) is 0 Å². The number of ether oxygens (including phenoxy) is 4. The van der Waals surface area contributed by atoms with Crippen molar-refractivity contribution in [2.45, 2.75) is 331 Å². The molecule has 8 unspecified atom stereocenters. The second kappa shape index (κ2) is 38.1. The summed E-state index contributed by atoms with van der Waals surface area (Å²) in [5.41, 5.74) is -8.22. The third-order valence-corrected chi connectivity index (χ3v) is 20.5. The van der Waals surface area contributed by atoms with Crippen molar-refractivity contribution in [3.05, 3.63) is 0 Å². The van der Waals surface area contributed by atoms with E-state index < -0.39 is 65.0 Å². The van der Waals surface area contributed by atoms with Crippen molar-refractivity contribution in [2.75, 3.05) is 19.8 Å². The van der Waals surface area contributed by atoms with E-state index in [2.05, 4.69) is 0 Å². The lowest BCUT2D eigenvalue weighted by atomic mass is 9.63. The second-order valence-electron chi connectivity index (χ2n) is 32.1. The number of Topliss-reactive ketones (excluding diaryl/α,β-unsaturated/α-hetero) is 8. The fourth-order valence-corrected chi connectivity index (χ4v) is 12.0. The van der Waals surface area contributed by atoms with Crippen molar-refractivity contribution in [2.24, 2.45) is 65.0 Å². The molecule has 0 radical (unpaired) electrons. The molecule has 0 aliphatic carbocycles. The highest BCUT2D eigenvalue weighted by Gasteiger charge is 2.51. The van der Waals surface area contributed by atoms with E-state index in [1.54, 1.807) is 55.4 Å². The van der Waals surface area contributed by atoms with Gasteiger partial charge in [0.05, 0.1) is 47.6 Å². The quantitative estimate of drug-likeness (QED) is 0.0316. The van der Waals surface area contributed by atoms with Gasteiger partial charge in [0.1, 0.15) is 46.3 Å². The van der Waals surface area contributed by atoms with Crippen LogP contribution in [0, 0.1) is 65.0 Å². The summed E-state index contributed by atoms with van der Waals surface area (Å²) in [5.74, 6) is -0.810. The van der Waals surface area contributed by atoms with E-state index in [1.807, 2.05) is 166 Å². The first-order valence-corrected chi connectivity index (χ1v) is 34.0. The summed E-state index contributed by atoms with van der Waals surface area (Å²) in [7, 11) is 0. The number of ketones is 8. The predicted molar refractivity (Wildman–Crippen MR) is 369 cm³/mol. The fraction of sp³-hybridized carbons (Fsp3) is 0.842. The molecule has 0 aliphatic heterocycles. The maximum absolute atomic E-state index is 12.6. The lowest BCUT2D eigenvalue weighted by Crippen LogP contribution is -2.42. The molecule has 0 fully saturated rings. The van der Waals surface area contributed by atoms with Crippen LogP contribution in [0.4, 0.5) is 0 Å². The van der Waals surface area contributed by atoms with Crippen molar-refractivity contribution in [1.29, 1.82) is 0 Å². The van der Waals surface area contributed by atoms with Gasteiger partial charge in [0.2, 0.25) is 0 Å². The van der Waals surface area contributed by atoms with Crippen LogP contribution in [-0.2, 0) is 76.5 Å². The molecule has 0 amide bonds. The zero-order valence-electron chi connectivity index (χ0n) is 64.8. The van der Waals surface area contributed by atoms with Gasteiger partial charge in [0.15, 0.2) is 0 Å². The molecule has 92 heavy (non-hydrogen) atoms. The number of carbonyl (C=O) groups is 12. The van der Waals surface area contributed by atoms with Gasteiger partial charge in [-0.15, -0.1) is 0 Å². The monoisotopic (exact) mass is 1300 g/mol. The smallest absolute Gasteiger partial charge is 0.312 e. The topological polar surface area (TPSA) is 242 Å². The van der Waals surface area contributed by atoms with Crippen molar-refractivity contribution >= 4 is 70.1 Å². The van der Waals surface area contributed by atoms with Gasteiger partial charge in [0, 0.05) is 43.3 Å². The highest BCUT2D eigenvalue weighted by Crippen LogP contribution is 2.49. The molecule has 0 aliphatic rings. The fourth-order valence-electron chi connectivity index (χ4n) is 12.0. The lowest BCUT2D eigenvalue weighted by Gasteiger charge is -2.40. The Morgan fingerprint density at radius 1 is 0.272 bits per heavy atom. The minimum absolute atomic E-state index is 0.00356. The summed E-state index contributed by atoms with van der Waals surface area (Å²) < 4.78 is 21.3. The molecule has 0 heterocycles. The average molecular weight is 1310 g/mol. The van der Waals surface area contributed by atoms with Crippen molar-refractivity contribution in [3.63, 3.8) is 0 Å². The van der Waals surface area contributed by atoms with Crippen LogP contribution in [0.1, 0.15) is 325 Å². The zero-order chi connectivity index (χ0) is 74.1. The van der Waals surface area contributed by atoms with Crippen LogP contribution < -0.4 is 0 Å². The molecule has 0 aromatic carbocycles. The molecule has 16 heteroatoms. The van der Waals surface area contributed by atoms with Crippen LogP contribution >= 0.6 is 0 Å². The molecule has 0 aromatic heterocycles. The molecule has 0 N–H and O–H groups in total. The summed E-state index contributed by atoms with van der Waals surface area (Å²) in [5, 5.41) is 0. The van der Waals surface area contributed by atoms with E-state index >= 15 is 0 Å². The summed E-state index contributed by atoms with van der Waals surface area (Å²) in [6, 6.07) is 0. The third-order valence-electron chi connectivity index (χ3n) is 20.5. The molecule has 0 saturated heterocycles. The molecule has 0 bridgehead atoms. The molecule has 0 spiro atoms. The van der Waals surface area contributed by atoms with E-state index in [0.29, 0.717) is 96.9 Å². The van der Waals surface area contributed by atoms with Crippen LogP contribution in [0.25, 0.3) is 0 Å². The van der Waals surface area contributed by atoms with Gasteiger partial charge in [-0.05, 0) is 194 Å². The van der Waals surface area contributed by atoms with E-state index in [0.717, 1.165) is 19.3 Å². The number of unbranched alkanes of at least 4 members (excludes halogenated alkanes) is 1. The first kappa shape index (κ1) is 93.6. The van der Waals surface area contributed by atoms with E-state index in [-0.39, 0.29) is 76.2 Å². The Hall–Kier alpha value is -4.76. The van der Waals surface area contributed by atoms with Gasteiger partial charge < -0.3 is 18.9 Å². The molecule has 0 saturated carbocycles. The van der Waals surface area contributed by atoms with E-state index in [9.17, 15) is 57.5 Å². The van der Waals surface area contributed by atoms with Gasteiger partial charge >= 0.3 is 23.9 Å². The lowest BCUT2D eigenvalue weighted by molar-refractivity contribution is -0.163. The minimum atomic E-state index is -0.740. The van der Waals surface area contributed by atoms with Crippen LogP contribution in [-0.4, -0.2) is 96.1 Å². The van der Waals surface area contributed by atoms with E-state index in [1.165, 1.54) is 6.92 Å². The van der Waals surface area contributed by atoms with Crippen LogP contribution in [0.2, 0.25) is 0 Å². The van der Waals surface area contributed by atoms with Gasteiger partial charge in [-0.1, -0.05) is 131 Å². The Bertz CT molecular complexity index is 2500. The molecular weight excluding hydrogens is 1170 g/mol. The number of hydrogen-bond acceptors (Lipinski definition) is 16. The average Bonchev–Trinajstić information content (AvgIpc) is 0.822. The number of carbonyl (C=O) groups excluding carboxylic acids is 12. The zero-order valence-corrected chi connectivity index (χ0v) is 64.8. The molecule has 0 rings (SSSR count). The second-order valence-corrected chi connectivity index (χ2v) is 32.1. The highest BCUT2D eigenvalue weighted by molar-refractivity contribution is 5.90. The Balaban J connectivity index is -0.000000561. The standard InChI is InChI=1S/C20H36O4.2C19H34O4.C18H32O4/c1-9-11-12-24-17(23)19(7,10-2)14-20(8,16(4)22)13-18(5,6)15(3)21;1-10-18(8,16(22)23-13(2)3)12-19(9,15(5)21)11-17(6,7)14(4)20;1-9-11-23-16(22)18(7,10-2)13-19(8,15(4)21)12-17(5,6)14(3)20;1-9-17(7,15(21)22-10-2)12-18(8,14(4)20)11-16(5,6)13(3)19/h9-14H2,1-8H3;13H,10-12H2,1-9H3;9-13H2,1-8H3;9-12H2,1-8H3. The first-order valence-electron chi connectivity index (χ1n) is 34.0. The van der Waals surface area contributed by atoms with E-state index in [4.69, 9.17) is 18.9 Å². The van der Waals surface area contributed by atoms with Crippen LogP contribution in [0.5, 0.6) is 0 Å². The minimum Gasteiger partial charge on any atom is -0.466 e. The normalized spacial score (nSPS) is 17.1. The summed E-state index contributed by atoms with van der Waals surface area (Å²) in [4.78, 5) is 147. The number of hydrogen-bond donors (Lipinski definition) is 0. The Kier molecular flexibility index (Phi) is 38.8. The Labute approximate surface area is 560 Å². The third kappa shape index (κ3) is 29.5. The largest absolute Gasteiger partial charge is 0.466 e. The summed E-state index contributed by atoms with van der Waals surface area (Å²) in [6.45, 7) is 60.3. The van der Waals surface area contributed by atoms with Crippen LogP contribution in [0.3, 0.4) is 0 Å². The van der Waals surface area contributed by atoms with Crippen molar-refractivity contribution < 1.29 is 76.5 Å². The van der Waals surface area contributed by atoms with Gasteiger partial charge in [0.25, 0.3) is 0 Å². The maximum atomic E-state index is 12.6. The maximum Gasteiger partial charge on any atom is 0.312 e.